The SMILES string of the molecule is COCCc1ccc(S(=O)(=O)NC2CCNCC2C)cc1.Cl. The zero-order valence-corrected chi connectivity index (χ0v) is 14.7. The van der Waals surface area contributed by atoms with Crippen molar-refractivity contribution in [1.29, 1.82) is 0 Å². The molecule has 1 saturated heterocycles. The maximum atomic E-state index is 12.4. The minimum absolute atomic E-state index is 0. The number of piperidine rings is 1. The highest BCUT2D eigenvalue weighted by Crippen LogP contribution is 2.16. The van der Waals surface area contributed by atoms with Crippen LogP contribution in [0.1, 0.15) is 18.9 Å². The van der Waals surface area contributed by atoms with Gasteiger partial charge in [-0.15, -0.1) is 12.4 Å². The Morgan fingerprint density at radius 1 is 1.32 bits per heavy atom. The van der Waals surface area contributed by atoms with Crippen molar-refractivity contribution in [3.05, 3.63) is 29.8 Å². The number of hydrogen-bond acceptors (Lipinski definition) is 4. The molecule has 0 aromatic heterocycles. The first-order valence-electron chi connectivity index (χ1n) is 7.34. The summed E-state index contributed by atoms with van der Waals surface area (Å²) in [5, 5.41) is 3.27. The molecule has 1 heterocycles. The minimum Gasteiger partial charge on any atom is -0.384 e. The molecule has 0 saturated carbocycles. The number of rotatable bonds is 6. The van der Waals surface area contributed by atoms with Crippen molar-refractivity contribution >= 4 is 22.4 Å². The maximum Gasteiger partial charge on any atom is 0.240 e. The van der Waals surface area contributed by atoms with Crippen LogP contribution in [-0.2, 0) is 21.2 Å². The summed E-state index contributed by atoms with van der Waals surface area (Å²) in [5.74, 6) is 0.300. The molecule has 0 radical (unpaired) electrons. The van der Waals surface area contributed by atoms with E-state index in [1.165, 1.54) is 0 Å². The Morgan fingerprint density at radius 2 is 2.00 bits per heavy atom. The summed E-state index contributed by atoms with van der Waals surface area (Å²) in [5.41, 5.74) is 1.08. The van der Waals surface area contributed by atoms with E-state index in [0.29, 0.717) is 17.4 Å². The van der Waals surface area contributed by atoms with Gasteiger partial charge in [-0.25, -0.2) is 13.1 Å². The van der Waals surface area contributed by atoms with Crippen molar-refractivity contribution in [2.45, 2.75) is 30.7 Å². The largest absolute Gasteiger partial charge is 0.384 e. The predicted molar refractivity (Wildman–Crippen MR) is 90.0 cm³/mol. The molecule has 0 spiro atoms. The van der Waals surface area contributed by atoms with Crippen LogP contribution in [0, 0.1) is 5.92 Å². The monoisotopic (exact) mass is 348 g/mol. The lowest BCUT2D eigenvalue weighted by Crippen LogP contribution is -2.48. The number of halogens is 1. The Labute approximate surface area is 139 Å². The molecule has 22 heavy (non-hydrogen) atoms. The number of sulfonamides is 1. The Kier molecular flexibility index (Phi) is 7.79. The van der Waals surface area contributed by atoms with E-state index in [9.17, 15) is 8.42 Å². The number of ether oxygens (including phenoxy) is 1. The summed E-state index contributed by atoms with van der Waals surface area (Å²) in [6, 6.07) is 7.03. The number of benzene rings is 1. The van der Waals surface area contributed by atoms with Gasteiger partial charge in [-0.2, -0.15) is 0 Å². The molecule has 2 N–H and O–H groups in total. The van der Waals surface area contributed by atoms with Crippen LogP contribution in [0.4, 0.5) is 0 Å². The summed E-state index contributed by atoms with van der Waals surface area (Å²) in [7, 11) is -1.78. The van der Waals surface area contributed by atoms with E-state index >= 15 is 0 Å². The third kappa shape index (κ3) is 5.21. The maximum absolute atomic E-state index is 12.4. The van der Waals surface area contributed by atoms with Crippen molar-refractivity contribution in [2.75, 3.05) is 26.8 Å². The van der Waals surface area contributed by atoms with Crippen molar-refractivity contribution in [2.24, 2.45) is 5.92 Å². The van der Waals surface area contributed by atoms with Crippen LogP contribution >= 0.6 is 12.4 Å². The van der Waals surface area contributed by atoms with Gasteiger partial charge in [0.05, 0.1) is 11.5 Å². The average molecular weight is 349 g/mol. The molecule has 2 unspecified atom stereocenters. The van der Waals surface area contributed by atoms with E-state index < -0.39 is 10.0 Å². The summed E-state index contributed by atoms with van der Waals surface area (Å²) < 4.78 is 32.7. The zero-order chi connectivity index (χ0) is 15.3. The molecule has 2 atom stereocenters. The third-order valence-electron chi connectivity index (χ3n) is 3.92. The van der Waals surface area contributed by atoms with Gasteiger partial charge in [0.15, 0.2) is 0 Å². The fourth-order valence-electron chi connectivity index (χ4n) is 2.51. The van der Waals surface area contributed by atoms with Crippen molar-refractivity contribution < 1.29 is 13.2 Å². The molecule has 0 bridgehead atoms. The molecule has 1 aliphatic heterocycles. The first-order valence-corrected chi connectivity index (χ1v) is 8.82. The van der Waals surface area contributed by atoms with Crippen LogP contribution in [0.2, 0.25) is 0 Å². The van der Waals surface area contributed by atoms with E-state index in [1.54, 1.807) is 19.2 Å². The molecular formula is C15H25ClN2O3S. The van der Waals surface area contributed by atoms with Gasteiger partial charge in [0.2, 0.25) is 10.0 Å². The van der Waals surface area contributed by atoms with E-state index in [4.69, 9.17) is 4.74 Å². The second-order valence-electron chi connectivity index (χ2n) is 5.58. The molecule has 7 heteroatoms. The highest BCUT2D eigenvalue weighted by atomic mass is 35.5. The standard InChI is InChI=1S/C15H24N2O3S.ClH/c1-12-11-16-9-7-15(12)17-21(18,19)14-5-3-13(4-6-14)8-10-20-2;/h3-6,12,15-17H,7-11H2,1-2H3;1H. The van der Waals surface area contributed by atoms with Crippen LogP contribution in [0.5, 0.6) is 0 Å². The van der Waals surface area contributed by atoms with Crippen molar-refractivity contribution in [3.8, 4) is 0 Å². The lowest BCUT2D eigenvalue weighted by atomic mass is 9.97. The first-order chi connectivity index (χ1) is 10.0. The van der Waals surface area contributed by atoms with E-state index in [-0.39, 0.29) is 18.4 Å². The molecule has 0 aliphatic carbocycles. The summed E-state index contributed by atoms with van der Waals surface area (Å²) in [4.78, 5) is 0.328. The second-order valence-corrected chi connectivity index (χ2v) is 7.30. The van der Waals surface area contributed by atoms with E-state index in [1.807, 2.05) is 12.1 Å². The van der Waals surface area contributed by atoms with E-state index in [0.717, 1.165) is 31.5 Å². The van der Waals surface area contributed by atoms with Gasteiger partial charge in [-0.3, -0.25) is 0 Å². The van der Waals surface area contributed by atoms with Gasteiger partial charge in [0, 0.05) is 13.2 Å². The number of hydrogen-bond donors (Lipinski definition) is 2. The second kappa shape index (κ2) is 8.84. The molecule has 1 aromatic rings. The van der Waals surface area contributed by atoms with Gasteiger partial charge in [-0.1, -0.05) is 19.1 Å². The fourth-order valence-corrected chi connectivity index (χ4v) is 3.89. The molecule has 2 rings (SSSR count). The molecule has 5 nitrogen and oxygen atoms in total. The Balaban J connectivity index is 0.00000242. The molecule has 1 fully saturated rings. The average Bonchev–Trinajstić information content (AvgIpc) is 2.48. The van der Waals surface area contributed by atoms with Gasteiger partial charge in [-0.05, 0) is 49.5 Å². The third-order valence-corrected chi connectivity index (χ3v) is 5.43. The van der Waals surface area contributed by atoms with Gasteiger partial charge < -0.3 is 10.1 Å². The minimum atomic E-state index is -3.44. The van der Waals surface area contributed by atoms with Crippen LogP contribution in [-0.4, -0.2) is 41.3 Å². The topological polar surface area (TPSA) is 67.4 Å². The van der Waals surface area contributed by atoms with Crippen LogP contribution in [0.25, 0.3) is 0 Å². The van der Waals surface area contributed by atoms with Crippen LogP contribution in [0.3, 0.4) is 0 Å². The molecule has 1 aliphatic rings. The zero-order valence-electron chi connectivity index (χ0n) is 13.0. The predicted octanol–water partition coefficient (Wildman–Crippen LogP) is 1.57. The van der Waals surface area contributed by atoms with Gasteiger partial charge >= 0.3 is 0 Å². The summed E-state index contributed by atoms with van der Waals surface area (Å²) >= 11 is 0. The summed E-state index contributed by atoms with van der Waals surface area (Å²) in [6.45, 7) is 4.40. The van der Waals surface area contributed by atoms with E-state index in [2.05, 4.69) is 17.0 Å². The highest BCUT2D eigenvalue weighted by molar-refractivity contribution is 7.89. The molecular weight excluding hydrogens is 324 g/mol. The van der Waals surface area contributed by atoms with Crippen LogP contribution < -0.4 is 10.0 Å². The highest BCUT2D eigenvalue weighted by Gasteiger charge is 2.26. The molecule has 126 valence electrons. The smallest absolute Gasteiger partial charge is 0.240 e. The first kappa shape index (κ1) is 19.4. The van der Waals surface area contributed by atoms with Crippen molar-refractivity contribution in [3.63, 3.8) is 0 Å². The lowest BCUT2D eigenvalue weighted by Gasteiger charge is -2.29. The lowest BCUT2D eigenvalue weighted by molar-refractivity contribution is 0.202. The normalized spacial score (nSPS) is 22.1. The number of methoxy groups -OCH3 is 1. The Morgan fingerprint density at radius 3 is 2.59 bits per heavy atom. The Bertz CT molecular complexity index is 548. The molecule has 0 amide bonds. The van der Waals surface area contributed by atoms with Gasteiger partial charge in [0.25, 0.3) is 0 Å². The number of nitrogens with one attached hydrogen (secondary N) is 2. The van der Waals surface area contributed by atoms with Gasteiger partial charge in [0.1, 0.15) is 0 Å². The molecule has 1 aromatic carbocycles. The van der Waals surface area contributed by atoms with Crippen molar-refractivity contribution in [1.82, 2.24) is 10.0 Å². The van der Waals surface area contributed by atoms with Crippen LogP contribution in [0.15, 0.2) is 29.2 Å². The fraction of sp³-hybridized carbons (Fsp3) is 0.600. The summed E-state index contributed by atoms with van der Waals surface area (Å²) in [6.07, 6.45) is 1.61. The quantitative estimate of drug-likeness (QED) is 0.819. The Hall–Kier alpha value is -0.660.